The number of aromatic nitrogens is 2. The van der Waals surface area contributed by atoms with Crippen molar-refractivity contribution in [3.63, 3.8) is 0 Å². The van der Waals surface area contributed by atoms with E-state index >= 15 is 0 Å². The Balaban J connectivity index is 1.75. The van der Waals surface area contributed by atoms with E-state index in [4.69, 9.17) is 0 Å². The molecule has 3 nitrogen and oxygen atoms in total. The number of alkyl halides is 2. The minimum Gasteiger partial charge on any atom is -0.354 e. The van der Waals surface area contributed by atoms with Crippen molar-refractivity contribution in [3.8, 4) is 0 Å². The van der Waals surface area contributed by atoms with E-state index in [0.717, 1.165) is 0 Å². The Morgan fingerprint density at radius 2 is 1.93 bits per heavy atom. The van der Waals surface area contributed by atoms with E-state index in [1.807, 2.05) is 4.90 Å². The SMILES string of the molecule is FC1(F)C2CN(c3cnc(Br)cn3)CC21. The molecule has 6 heteroatoms. The quantitative estimate of drug-likeness (QED) is 0.785. The highest BCUT2D eigenvalue weighted by molar-refractivity contribution is 9.10. The van der Waals surface area contributed by atoms with E-state index in [1.54, 1.807) is 12.4 Å². The van der Waals surface area contributed by atoms with Gasteiger partial charge in [0.1, 0.15) is 10.4 Å². The Bertz CT molecular complexity index is 381. The van der Waals surface area contributed by atoms with Crippen molar-refractivity contribution in [2.75, 3.05) is 18.0 Å². The summed E-state index contributed by atoms with van der Waals surface area (Å²) in [5, 5.41) is 0. The van der Waals surface area contributed by atoms with Crippen molar-refractivity contribution >= 4 is 21.7 Å². The first kappa shape index (κ1) is 9.45. The van der Waals surface area contributed by atoms with Gasteiger partial charge < -0.3 is 4.90 Å². The molecule has 1 saturated carbocycles. The summed E-state index contributed by atoms with van der Waals surface area (Å²) in [7, 11) is 0. The number of hydrogen-bond acceptors (Lipinski definition) is 3. The lowest BCUT2D eigenvalue weighted by Crippen LogP contribution is -2.28. The molecule has 15 heavy (non-hydrogen) atoms. The molecule has 3 rings (SSSR count). The van der Waals surface area contributed by atoms with E-state index in [2.05, 4.69) is 25.9 Å². The fourth-order valence-electron chi connectivity index (χ4n) is 2.16. The van der Waals surface area contributed by atoms with Crippen molar-refractivity contribution in [1.82, 2.24) is 9.97 Å². The first-order valence-electron chi connectivity index (χ1n) is 4.69. The third-order valence-corrected chi connectivity index (χ3v) is 3.54. The number of halogens is 3. The molecule has 1 aromatic heterocycles. The average molecular weight is 276 g/mol. The van der Waals surface area contributed by atoms with Gasteiger partial charge in [-0.1, -0.05) is 0 Å². The Kier molecular flexibility index (Phi) is 1.81. The van der Waals surface area contributed by atoms with Gasteiger partial charge >= 0.3 is 0 Å². The smallest absolute Gasteiger partial charge is 0.258 e. The number of anilines is 1. The van der Waals surface area contributed by atoms with Gasteiger partial charge in [0, 0.05) is 13.1 Å². The standard InChI is InChI=1S/C9H8BrF2N3/c10-7-1-14-8(2-13-7)15-3-5-6(4-15)9(5,11)12/h1-2,5-6H,3-4H2. The number of piperidine rings is 1. The Labute approximate surface area is 93.6 Å². The summed E-state index contributed by atoms with van der Waals surface area (Å²) in [6, 6.07) is 0. The van der Waals surface area contributed by atoms with Crippen molar-refractivity contribution in [1.29, 1.82) is 0 Å². The number of hydrogen-bond donors (Lipinski definition) is 0. The second-order valence-corrected chi connectivity index (χ2v) is 4.80. The minimum atomic E-state index is -2.43. The van der Waals surface area contributed by atoms with Crippen LogP contribution in [0.1, 0.15) is 0 Å². The molecule has 0 bridgehead atoms. The van der Waals surface area contributed by atoms with Crippen molar-refractivity contribution in [3.05, 3.63) is 17.0 Å². The molecule has 1 aromatic rings. The molecule has 2 aliphatic rings. The summed E-state index contributed by atoms with van der Waals surface area (Å²) in [5.74, 6) is -2.69. The van der Waals surface area contributed by atoms with Gasteiger partial charge in [0.05, 0.1) is 24.2 Å². The molecular weight excluding hydrogens is 268 g/mol. The molecule has 80 valence electrons. The molecule has 0 aromatic carbocycles. The molecule has 2 heterocycles. The Morgan fingerprint density at radius 3 is 2.47 bits per heavy atom. The van der Waals surface area contributed by atoms with Gasteiger partial charge in [-0.25, -0.2) is 18.7 Å². The fourth-order valence-corrected chi connectivity index (χ4v) is 2.37. The minimum absolute atomic E-state index is 0.397. The molecule has 0 radical (unpaired) electrons. The first-order valence-corrected chi connectivity index (χ1v) is 5.48. The van der Waals surface area contributed by atoms with Crippen LogP contribution in [0.15, 0.2) is 17.0 Å². The van der Waals surface area contributed by atoms with Crippen molar-refractivity contribution < 1.29 is 8.78 Å². The predicted octanol–water partition coefficient (Wildman–Crippen LogP) is 1.94. The van der Waals surface area contributed by atoms with Crippen LogP contribution in [0.2, 0.25) is 0 Å². The third kappa shape index (κ3) is 1.34. The first-order chi connectivity index (χ1) is 7.09. The number of rotatable bonds is 1. The zero-order valence-electron chi connectivity index (χ0n) is 7.70. The van der Waals surface area contributed by atoms with Gasteiger partial charge in [-0.15, -0.1) is 0 Å². The highest BCUT2D eigenvalue weighted by atomic mass is 79.9. The summed E-state index contributed by atoms with van der Waals surface area (Å²) in [5.41, 5.74) is 0. The maximum atomic E-state index is 12.9. The summed E-state index contributed by atoms with van der Waals surface area (Å²) >= 11 is 3.18. The van der Waals surface area contributed by atoms with Gasteiger partial charge in [-0.3, -0.25) is 0 Å². The normalized spacial score (nSPS) is 31.5. The number of nitrogens with zero attached hydrogens (tertiary/aromatic N) is 3. The van der Waals surface area contributed by atoms with Crippen LogP contribution in [-0.2, 0) is 0 Å². The van der Waals surface area contributed by atoms with Crippen LogP contribution >= 0.6 is 15.9 Å². The molecule has 2 atom stereocenters. The average Bonchev–Trinajstić information content (AvgIpc) is 2.64. The molecule has 0 spiro atoms. The highest BCUT2D eigenvalue weighted by Gasteiger charge is 2.71. The van der Waals surface area contributed by atoms with E-state index in [0.29, 0.717) is 23.5 Å². The van der Waals surface area contributed by atoms with Crippen LogP contribution in [0.4, 0.5) is 14.6 Å². The van der Waals surface area contributed by atoms with Gasteiger partial charge in [-0.05, 0) is 15.9 Å². The molecule has 1 aliphatic carbocycles. The summed E-state index contributed by atoms with van der Waals surface area (Å²) < 4.78 is 26.5. The summed E-state index contributed by atoms with van der Waals surface area (Å²) in [6.07, 6.45) is 3.18. The highest BCUT2D eigenvalue weighted by Crippen LogP contribution is 2.59. The maximum absolute atomic E-state index is 12.9. The molecular formula is C9H8BrF2N3. The van der Waals surface area contributed by atoms with Crippen LogP contribution in [0.5, 0.6) is 0 Å². The van der Waals surface area contributed by atoms with Gasteiger partial charge in [0.15, 0.2) is 0 Å². The molecule has 1 saturated heterocycles. The van der Waals surface area contributed by atoms with Gasteiger partial charge in [0.2, 0.25) is 0 Å². The lowest BCUT2D eigenvalue weighted by atomic mass is 10.4. The van der Waals surface area contributed by atoms with Crippen LogP contribution in [0.25, 0.3) is 0 Å². The van der Waals surface area contributed by atoms with Crippen LogP contribution in [0.3, 0.4) is 0 Å². The molecule has 0 amide bonds. The van der Waals surface area contributed by atoms with Gasteiger partial charge in [-0.2, -0.15) is 0 Å². The van der Waals surface area contributed by atoms with E-state index in [-0.39, 0.29) is 0 Å². The largest absolute Gasteiger partial charge is 0.354 e. The lowest BCUT2D eigenvalue weighted by molar-refractivity contribution is 0.0797. The zero-order chi connectivity index (χ0) is 10.6. The zero-order valence-corrected chi connectivity index (χ0v) is 9.29. The predicted molar refractivity (Wildman–Crippen MR) is 53.9 cm³/mol. The van der Waals surface area contributed by atoms with E-state index < -0.39 is 17.8 Å². The lowest BCUT2D eigenvalue weighted by Gasteiger charge is -2.19. The Morgan fingerprint density at radius 1 is 1.27 bits per heavy atom. The van der Waals surface area contributed by atoms with E-state index in [9.17, 15) is 8.78 Å². The second kappa shape index (κ2) is 2.87. The van der Waals surface area contributed by atoms with Crippen LogP contribution in [-0.4, -0.2) is 29.0 Å². The number of fused-ring (bicyclic) bond motifs is 1. The monoisotopic (exact) mass is 275 g/mol. The third-order valence-electron chi connectivity index (χ3n) is 3.13. The van der Waals surface area contributed by atoms with Crippen molar-refractivity contribution in [2.24, 2.45) is 11.8 Å². The fraction of sp³-hybridized carbons (Fsp3) is 0.556. The summed E-state index contributed by atoms with van der Waals surface area (Å²) in [6.45, 7) is 0.794. The molecule has 0 N–H and O–H groups in total. The Hall–Kier alpha value is -0.780. The summed E-state index contributed by atoms with van der Waals surface area (Å²) in [4.78, 5) is 10.0. The van der Waals surface area contributed by atoms with Crippen LogP contribution < -0.4 is 4.90 Å². The maximum Gasteiger partial charge on any atom is 0.258 e. The topological polar surface area (TPSA) is 29.0 Å². The van der Waals surface area contributed by atoms with E-state index in [1.165, 1.54) is 0 Å². The molecule has 1 aliphatic heterocycles. The second-order valence-electron chi connectivity index (χ2n) is 3.99. The molecule has 2 unspecified atom stereocenters. The van der Waals surface area contributed by atoms with Crippen molar-refractivity contribution in [2.45, 2.75) is 5.92 Å². The van der Waals surface area contributed by atoms with Crippen LogP contribution in [0, 0.1) is 11.8 Å². The van der Waals surface area contributed by atoms with Gasteiger partial charge in [0.25, 0.3) is 5.92 Å². The molecule has 2 fully saturated rings.